The van der Waals surface area contributed by atoms with E-state index in [1.807, 2.05) is 21.9 Å². The van der Waals surface area contributed by atoms with Crippen LogP contribution < -0.4 is 14.2 Å². The molecule has 43 heavy (non-hydrogen) atoms. The normalized spacial score (nSPS) is 21.9. The summed E-state index contributed by atoms with van der Waals surface area (Å²) in [4.78, 5) is 47.4. The lowest BCUT2D eigenvalue weighted by Gasteiger charge is -2.32. The number of likely N-dealkylation sites (tertiary alicyclic amines) is 2. The molecule has 3 heterocycles. The van der Waals surface area contributed by atoms with E-state index in [0.717, 1.165) is 50.6 Å². The van der Waals surface area contributed by atoms with Crippen LogP contribution in [0.3, 0.4) is 0 Å². The fourth-order valence-electron chi connectivity index (χ4n) is 6.66. The van der Waals surface area contributed by atoms with Crippen molar-refractivity contribution in [3.05, 3.63) is 17.7 Å². The van der Waals surface area contributed by atoms with E-state index in [0.29, 0.717) is 62.8 Å². The van der Waals surface area contributed by atoms with Gasteiger partial charge in [0.2, 0.25) is 24.4 Å². The number of ether oxygens (including phenoxy) is 3. The molecule has 3 atom stereocenters. The van der Waals surface area contributed by atoms with Gasteiger partial charge in [-0.25, -0.2) is 0 Å². The Morgan fingerprint density at radius 1 is 1.09 bits per heavy atom. The number of hydrogen-bond acceptors (Lipinski definition) is 8. The summed E-state index contributed by atoms with van der Waals surface area (Å²) in [7, 11) is 5.66. The maximum Gasteiger partial charge on any atom is 0.308 e. The van der Waals surface area contributed by atoms with Crippen molar-refractivity contribution in [1.82, 2.24) is 19.6 Å². The molecule has 4 rings (SSSR count). The van der Waals surface area contributed by atoms with Crippen LogP contribution in [0, 0.1) is 5.92 Å². The van der Waals surface area contributed by atoms with Crippen LogP contribution in [0.5, 0.6) is 17.2 Å². The molecule has 0 aromatic heterocycles. The number of unbranched alkanes of at least 4 members (excludes halogenated alkanes) is 2. The number of benzene rings is 1. The monoisotopic (exact) mass is 602 g/mol. The number of methoxy groups -OCH3 is 1. The zero-order valence-electron chi connectivity index (χ0n) is 26.4. The van der Waals surface area contributed by atoms with Gasteiger partial charge in [-0.3, -0.25) is 19.3 Å². The summed E-state index contributed by atoms with van der Waals surface area (Å²) in [5.41, 5.74) is 0.786. The minimum absolute atomic E-state index is 0.0328. The van der Waals surface area contributed by atoms with Crippen LogP contribution in [-0.4, -0.2) is 122 Å². The van der Waals surface area contributed by atoms with Crippen LogP contribution >= 0.6 is 0 Å². The average molecular weight is 603 g/mol. The zero-order valence-corrected chi connectivity index (χ0v) is 26.4. The lowest BCUT2D eigenvalue weighted by atomic mass is 9.84. The standard InChI is InChI=1S/C32H50N4O7/c1-5-6-14-34(16-10-9-13-33(2)3)29(38)21-36-20-24(23-18-26(41-4)31-27(19-23)42-22-43-31)30(32(39)40)25(36)12-17-35-15-8-7-11-28(35)37/h18-19,24-25,30H,5-17,20-22H2,1-4H3,(H,39,40)/t24-,25+,30?/m1/s1. The van der Waals surface area contributed by atoms with Crippen LogP contribution in [0.1, 0.15) is 69.8 Å². The van der Waals surface area contributed by atoms with Crippen LogP contribution in [0.25, 0.3) is 0 Å². The molecule has 2 amide bonds. The van der Waals surface area contributed by atoms with E-state index < -0.39 is 17.9 Å². The average Bonchev–Trinajstić information content (AvgIpc) is 3.60. The highest BCUT2D eigenvalue weighted by molar-refractivity contribution is 5.79. The largest absolute Gasteiger partial charge is 0.493 e. The second kappa shape index (κ2) is 15.6. The minimum Gasteiger partial charge on any atom is -0.493 e. The number of amides is 2. The maximum atomic E-state index is 13.8. The first-order valence-electron chi connectivity index (χ1n) is 15.9. The zero-order chi connectivity index (χ0) is 30.9. The Morgan fingerprint density at radius 3 is 2.56 bits per heavy atom. The Kier molecular flexibility index (Phi) is 11.9. The van der Waals surface area contributed by atoms with Crippen LogP contribution in [0.15, 0.2) is 12.1 Å². The van der Waals surface area contributed by atoms with Gasteiger partial charge in [-0.1, -0.05) is 13.3 Å². The third-order valence-corrected chi connectivity index (χ3v) is 9.01. The van der Waals surface area contributed by atoms with E-state index in [9.17, 15) is 19.5 Å². The summed E-state index contributed by atoms with van der Waals surface area (Å²) < 4.78 is 16.8. The van der Waals surface area contributed by atoms with Crippen molar-refractivity contribution in [3.8, 4) is 17.2 Å². The summed E-state index contributed by atoms with van der Waals surface area (Å²) >= 11 is 0. The van der Waals surface area contributed by atoms with Gasteiger partial charge in [0.15, 0.2) is 11.5 Å². The van der Waals surface area contributed by atoms with Crippen molar-refractivity contribution in [2.75, 3.05) is 73.8 Å². The van der Waals surface area contributed by atoms with Gasteiger partial charge in [-0.05, 0) is 76.9 Å². The van der Waals surface area contributed by atoms with Crippen LogP contribution in [0.2, 0.25) is 0 Å². The molecule has 1 aromatic rings. The summed E-state index contributed by atoms with van der Waals surface area (Å²) in [6, 6.07) is 3.28. The van der Waals surface area contributed by atoms with Gasteiger partial charge < -0.3 is 34.0 Å². The molecule has 0 bridgehead atoms. The van der Waals surface area contributed by atoms with Gasteiger partial charge in [0, 0.05) is 51.1 Å². The first-order valence-corrected chi connectivity index (χ1v) is 15.9. The van der Waals surface area contributed by atoms with Crippen molar-refractivity contribution in [1.29, 1.82) is 0 Å². The molecule has 2 saturated heterocycles. The Balaban J connectivity index is 1.58. The first kappa shape index (κ1) is 32.9. The molecule has 3 aliphatic rings. The highest BCUT2D eigenvalue weighted by Crippen LogP contribution is 2.47. The Labute approximate surface area is 256 Å². The van der Waals surface area contributed by atoms with Crippen molar-refractivity contribution >= 4 is 17.8 Å². The number of rotatable bonds is 16. The summed E-state index contributed by atoms with van der Waals surface area (Å²) in [5, 5.41) is 10.6. The molecule has 0 saturated carbocycles. The molecule has 11 heteroatoms. The molecule has 3 aliphatic heterocycles. The summed E-state index contributed by atoms with van der Waals surface area (Å²) in [5.74, 6) is -0.344. The highest BCUT2D eigenvalue weighted by atomic mass is 16.7. The van der Waals surface area contributed by atoms with E-state index >= 15 is 0 Å². The van der Waals surface area contributed by atoms with Crippen molar-refractivity contribution in [3.63, 3.8) is 0 Å². The molecule has 11 nitrogen and oxygen atoms in total. The minimum atomic E-state index is -0.905. The molecule has 240 valence electrons. The van der Waals surface area contributed by atoms with Crippen molar-refractivity contribution in [2.24, 2.45) is 5.92 Å². The topological polar surface area (TPSA) is 112 Å². The summed E-state index contributed by atoms with van der Waals surface area (Å²) in [6.45, 7) is 6.31. The van der Waals surface area contributed by atoms with E-state index in [1.54, 1.807) is 7.11 Å². The molecule has 0 radical (unpaired) electrons. The molecule has 2 fully saturated rings. The van der Waals surface area contributed by atoms with Gasteiger partial charge in [-0.15, -0.1) is 0 Å². The van der Waals surface area contributed by atoms with Gasteiger partial charge in [-0.2, -0.15) is 0 Å². The van der Waals surface area contributed by atoms with Gasteiger partial charge in [0.05, 0.1) is 19.6 Å². The molecule has 1 aromatic carbocycles. The van der Waals surface area contributed by atoms with Crippen LogP contribution in [0.4, 0.5) is 0 Å². The second-order valence-electron chi connectivity index (χ2n) is 12.3. The number of carbonyl (C=O) groups is 3. The highest BCUT2D eigenvalue weighted by Gasteiger charge is 2.48. The third-order valence-electron chi connectivity index (χ3n) is 9.01. The molecular formula is C32H50N4O7. The van der Waals surface area contributed by atoms with E-state index in [4.69, 9.17) is 14.2 Å². The Bertz CT molecular complexity index is 1110. The van der Waals surface area contributed by atoms with Crippen LogP contribution in [-0.2, 0) is 14.4 Å². The molecule has 0 aliphatic carbocycles. The predicted molar refractivity (Wildman–Crippen MR) is 163 cm³/mol. The smallest absolute Gasteiger partial charge is 0.308 e. The molecule has 1 N–H and O–H groups in total. The number of nitrogens with zero attached hydrogens (tertiary/aromatic N) is 4. The first-order chi connectivity index (χ1) is 20.7. The Morgan fingerprint density at radius 2 is 1.86 bits per heavy atom. The quantitative estimate of drug-likeness (QED) is 0.285. The Hall–Kier alpha value is -3.05. The summed E-state index contributed by atoms with van der Waals surface area (Å²) in [6.07, 6.45) is 6.74. The number of carboxylic acids is 1. The SMILES string of the molecule is CCCCN(CCCCN(C)C)C(=O)CN1C[C@H](c2cc(OC)c3c(c2)OCO3)C(C(=O)O)[C@@H]1CCN1CCCCC1=O. The molecular weight excluding hydrogens is 552 g/mol. The van der Waals surface area contributed by atoms with E-state index in [-0.39, 0.29) is 31.1 Å². The number of fused-ring (bicyclic) bond motifs is 1. The number of aliphatic carboxylic acids is 1. The van der Waals surface area contributed by atoms with Gasteiger partial charge in [0.1, 0.15) is 0 Å². The second-order valence-corrected chi connectivity index (χ2v) is 12.3. The number of carbonyl (C=O) groups excluding carboxylic acids is 2. The van der Waals surface area contributed by atoms with Crippen molar-refractivity contribution in [2.45, 2.75) is 70.3 Å². The number of carboxylic acid groups (broad SMARTS) is 1. The molecule has 1 unspecified atom stereocenters. The van der Waals surface area contributed by atoms with Gasteiger partial charge >= 0.3 is 5.97 Å². The van der Waals surface area contributed by atoms with Crippen molar-refractivity contribution < 1.29 is 33.7 Å². The lowest BCUT2D eigenvalue weighted by Crippen LogP contribution is -2.46. The maximum absolute atomic E-state index is 13.8. The lowest BCUT2D eigenvalue weighted by molar-refractivity contribution is -0.144. The number of piperidine rings is 1. The predicted octanol–water partition coefficient (Wildman–Crippen LogP) is 3.27. The molecule has 0 spiro atoms. The van der Waals surface area contributed by atoms with E-state index in [1.165, 1.54) is 0 Å². The third kappa shape index (κ3) is 8.32. The van der Waals surface area contributed by atoms with E-state index in [2.05, 4.69) is 30.8 Å². The number of hydrogen-bond donors (Lipinski definition) is 1. The van der Waals surface area contributed by atoms with Gasteiger partial charge in [0.25, 0.3) is 0 Å². The fourth-order valence-corrected chi connectivity index (χ4v) is 6.66. The fraction of sp³-hybridized carbons (Fsp3) is 0.719.